The normalized spacial score (nSPS) is 12.2. The van der Waals surface area contributed by atoms with Crippen LogP contribution < -0.4 is 9.04 Å². The zero-order chi connectivity index (χ0) is 26.5. The number of halogens is 3. The molecular formula is C26H27ClF2N2O4S. The van der Waals surface area contributed by atoms with Crippen LogP contribution in [0, 0.1) is 11.6 Å². The monoisotopic (exact) mass is 536 g/mol. The van der Waals surface area contributed by atoms with Crippen LogP contribution in [-0.2, 0) is 14.8 Å². The molecule has 0 heterocycles. The van der Waals surface area contributed by atoms with Crippen LogP contribution in [0.1, 0.15) is 31.9 Å². The van der Waals surface area contributed by atoms with Crippen LogP contribution in [0.5, 0.6) is 5.75 Å². The lowest BCUT2D eigenvalue weighted by molar-refractivity contribution is -0.127. The number of amides is 1. The molecule has 36 heavy (non-hydrogen) atoms. The summed E-state index contributed by atoms with van der Waals surface area (Å²) in [7, 11) is -2.67. The number of para-hydroxylation sites is 1. The number of hydrogen-bond acceptors (Lipinski definition) is 4. The molecule has 192 valence electrons. The Bertz CT molecular complexity index is 1320. The van der Waals surface area contributed by atoms with E-state index in [0.29, 0.717) is 29.3 Å². The Balaban J connectivity index is 2.01. The zero-order valence-electron chi connectivity index (χ0n) is 20.1. The molecule has 0 saturated carbocycles. The highest BCUT2D eigenvalue weighted by Crippen LogP contribution is 2.38. The average Bonchev–Trinajstić information content (AvgIpc) is 2.84. The molecule has 0 aliphatic rings. The van der Waals surface area contributed by atoms with Crippen LogP contribution in [0.3, 0.4) is 0 Å². The summed E-state index contributed by atoms with van der Waals surface area (Å²) < 4.78 is 63.4. The van der Waals surface area contributed by atoms with Crippen molar-refractivity contribution in [2.24, 2.45) is 0 Å². The highest BCUT2D eigenvalue weighted by atomic mass is 35.5. The minimum Gasteiger partial charge on any atom is -0.493 e. The lowest BCUT2D eigenvalue weighted by atomic mass is 10.1. The second-order valence-corrected chi connectivity index (χ2v) is 10.5. The first-order chi connectivity index (χ1) is 17.0. The van der Waals surface area contributed by atoms with Gasteiger partial charge >= 0.3 is 0 Å². The molecule has 0 aliphatic heterocycles. The van der Waals surface area contributed by atoms with Gasteiger partial charge in [-0.25, -0.2) is 17.2 Å². The van der Waals surface area contributed by atoms with Crippen molar-refractivity contribution < 1.29 is 26.7 Å². The summed E-state index contributed by atoms with van der Waals surface area (Å²) in [5.74, 6) is -1.35. The Hall–Kier alpha value is -3.17. The van der Waals surface area contributed by atoms with E-state index in [1.165, 1.54) is 31.2 Å². The molecule has 6 nitrogen and oxygen atoms in total. The van der Waals surface area contributed by atoms with Crippen molar-refractivity contribution >= 4 is 33.2 Å². The van der Waals surface area contributed by atoms with E-state index in [9.17, 15) is 22.0 Å². The molecule has 0 aliphatic carbocycles. The van der Waals surface area contributed by atoms with E-state index in [1.54, 1.807) is 43.1 Å². The molecule has 0 aromatic heterocycles. The van der Waals surface area contributed by atoms with Crippen molar-refractivity contribution in [2.75, 3.05) is 24.5 Å². The Morgan fingerprint density at radius 2 is 1.72 bits per heavy atom. The van der Waals surface area contributed by atoms with Gasteiger partial charge in [-0.15, -0.1) is 0 Å². The minimum atomic E-state index is -4.35. The van der Waals surface area contributed by atoms with Crippen LogP contribution in [0.25, 0.3) is 0 Å². The van der Waals surface area contributed by atoms with E-state index < -0.39 is 33.4 Å². The molecule has 10 heteroatoms. The standard InChI is InChI=1S/C26H27ClF2N2O4S/c1-18(23-7-4-5-8-26(23)35-16-6-15-30(3)19(2)32)31(25-17-21(28)11-14-24(25)29)36(33,34)22-12-9-20(27)10-13-22/h4-5,7-14,17-18H,6,15-16H2,1-3H3/t18-/m1/s1. The molecule has 0 unspecified atom stereocenters. The maximum Gasteiger partial charge on any atom is 0.264 e. The Labute approximate surface area is 215 Å². The van der Waals surface area contributed by atoms with Crippen molar-refractivity contribution in [2.45, 2.75) is 31.2 Å². The summed E-state index contributed by atoms with van der Waals surface area (Å²) in [6.07, 6.45) is 0.546. The molecule has 0 N–H and O–H groups in total. The molecular weight excluding hydrogens is 510 g/mol. The largest absolute Gasteiger partial charge is 0.493 e. The summed E-state index contributed by atoms with van der Waals surface area (Å²) in [5, 5.41) is 0.333. The third-order valence-corrected chi connectivity index (χ3v) is 7.82. The number of carbonyl (C=O) groups excluding carboxylic acids is 1. The molecule has 1 atom stereocenters. The SMILES string of the molecule is CC(=O)N(C)CCCOc1ccccc1[C@@H](C)N(c1cc(F)ccc1F)S(=O)(=O)c1ccc(Cl)cc1. The van der Waals surface area contributed by atoms with Crippen molar-refractivity contribution in [3.05, 3.63) is 89.0 Å². The van der Waals surface area contributed by atoms with Crippen molar-refractivity contribution in [3.63, 3.8) is 0 Å². The van der Waals surface area contributed by atoms with Gasteiger partial charge in [0.05, 0.1) is 23.2 Å². The minimum absolute atomic E-state index is 0.0656. The average molecular weight is 537 g/mol. The number of anilines is 1. The maximum atomic E-state index is 14.9. The zero-order valence-corrected chi connectivity index (χ0v) is 21.7. The molecule has 0 saturated heterocycles. The summed E-state index contributed by atoms with van der Waals surface area (Å²) in [6, 6.07) is 13.9. The first-order valence-electron chi connectivity index (χ1n) is 11.2. The smallest absolute Gasteiger partial charge is 0.264 e. The van der Waals surface area contributed by atoms with E-state index in [4.69, 9.17) is 16.3 Å². The first kappa shape index (κ1) is 27.4. The number of ether oxygens (including phenoxy) is 1. The van der Waals surface area contributed by atoms with Gasteiger partial charge in [0.15, 0.2) is 0 Å². The Kier molecular flexibility index (Phi) is 8.92. The second kappa shape index (κ2) is 11.7. The number of rotatable bonds is 10. The fourth-order valence-corrected chi connectivity index (χ4v) is 5.41. The first-order valence-corrected chi connectivity index (χ1v) is 13.0. The fraction of sp³-hybridized carbons (Fsp3) is 0.269. The van der Waals surface area contributed by atoms with Gasteiger partial charge in [-0.2, -0.15) is 0 Å². The van der Waals surface area contributed by atoms with Gasteiger partial charge < -0.3 is 9.64 Å². The Morgan fingerprint density at radius 3 is 2.39 bits per heavy atom. The lowest BCUT2D eigenvalue weighted by Crippen LogP contribution is -2.34. The van der Waals surface area contributed by atoms with E-state index in [1.807, 2.05) is 0 Å². The van der Waals surface area contributed by atoms with Gasteiger partial charge in [-0.05, 0) is 55.8 Å². The fourth-order valence-electron chi connectivity index (χ4n) is 3.65. The third kappa shape index (κ3) is 6.33. The van der Waals surface area contributed by atoms with Gasteiger partial charge in [-0.1, -0.05) is 29.8 Å². The molecule has 0 fully saturated rings. The van der Waals surface area contributed by atoms with Crippen molar-refractivity contribution in [3.8, 4) is 5.75 Å². The van der Waals surface area contributed by atoms with Crippen LogP contribution in [0.15, 0.2) is 71.6 Å². The number of carbonyl (C=O) groups is 1. The van der Waals surface area contributed by atoms with E-state index in [-0.39, 0.29) is 17.4 Å². The van der Waals surface area contributed by atoms with Gasteiger partial charge in [0.25, 0.3) is 10.0 Å². The maximum absolute atomic E-state index is 14.9. The highest BCUT2D eigenvalue weighted by Gasteiger charge is 2.34. The summed E-state index contributed by atoms with van der Waals surface area (Å²) in [5.41, 5.74) is 0.0222. The number of nitrogens with zero attached hydrogens (tertiary/aromatic N) is 2. The summed E-state index contributed by atoms with van der Waals surface area (Å²) in [4.78, 5) is 12.8. The number of sulfonamides is 1. The third-order valence-electron chi connectivity index (χ3n) is 5.67. The number of benzene rings is 3. The van der Waals surface area contributed by atoms with E-state index in [0.717, 1.165) is 22.5 Å². The van der Waals surface area contributed by atoms with Gasteiger partial charge in [0.1, 0.15) is 17.4 Å². The van der Waals surface area contributed by atoms with Gasteiger partial charge in [-0.3, -0.25) is 9.10 Å². The second-order valence-electron chi connectivity index (χ2n) is 8.21. The molecule has 0 spiro atoms. The quantitative estimate of drug-likeness (QED) is 0.306. The summed E-state index contributed by atoms with van der Waals surface area (Å²) in [6.45, 7) is 3.79. The molecule has 0 bridgehead atoms. The predicted octanol–water partition coefficient (Wildman–Crippen LogP) is 5.82. The predicted molar refractivity (Wildman–Crippen MR) is 136 cm³/mol. The van der Waals surface area contributed by atoms with Crippen LogP contribution in [-0.4, -0.2) is 39.4 Å². The molecule has 3 aromatic carbocycles. The number of hydrogen-bond donors (Lipinski definition) is 0. The van der Waals surface area contributed by atoms with Crippen molar-refractivity contribution in [1.82, 2.24) is 4.90 Å². The molecule has 3 rings (SSSR count). The molecule has 3 aromatic rings. The van der Waals surface area contributed by atoms with Crippen molar-refractivity contribution in [1.29, 1.82) is 0 Å². The van der Waals surface area contributed by atoms with Crippen LogP contribution in [0.2, 0.25) is 5.02 Å². The van der Waals surface area contributed by atoms with Crippen LogP contribution in [0.4, 0.5) is 14.5 Å². The van der Waals surface area contributed by atoms with Gasteiger partial charge in [0.2, 0.25) is 5.91 Å². The molecule has 0 radical (unpaired) electrons. The molecule has 1 amide bonds. The van der Waals surface area contributed by atoms with Crippen LogP contribution >= 0.6 is 11.6 Å². The van der Waals surface area contributed by atoms with Gasteiger partial charge in [0, 0.05) is 37.2 Å². The highest BCUT2D eigenvalue weighted by molar-refractivity contribution is 7.92. The van der Waals surface area contributed by atoms with E-state index >= 15 is 0 Å². The van der Waals surface area contributed by atoms with E-state index in [2.05, 4.69) is 0 Å². The Morgan fingerprint density at radius 1 is 1.06 bits per heavy atom. The summed E-state index contributed by atoms with van der Waals surface area (Å²) >= 11 is 5.92. The lowest BCUT2D eigenvalue weighted by Gasteiger charge is -2.32. The topological polar surface area (TPSA) is 66.9 Å².